The van der Waals surface area contributed by atoms with Crippen molar-refractivity contribution < 1.29 is 22.1 Å². The first kappa shape index (κ1) is 22.2. The molecule has 0 unspecified atom stereocenters. The average Bonchev–Trinajstić information content (AvgIpc) is 3.12. The van der Waals surface area contributed by atoms with Crippen molar-refractivity contribution in [1.29, 1.82) is 0 Å². The third-order valence-corrected chi connectivity index (χ3v) is 7.08. The van der Waals surface area contributed by atoms with Gasteiger partial charge < -0.3 is 9.84 Å². The monoisotopic (exact) mass is 435 g/mol. The van der Waals surface area contributed by atoms with E-state index >= 15 is 0 Å². The van der Waals surface area contributed by atoms with Crippen LogP contribution in [0.2, 0.25) is 0 Å². The van der Waals surface area contributed by atoms with Crippen LogP contribution in [0.4, 0.5) is 4.39 Å². The van der Waals surface area contributed by atoms with E-state index in [1.165, 1.54) is 22.5 Å². The Bertz CT molecular complexity index is 1030. The van der Waals surface area contributed by atoms with Gasteiger partial charge in [0.25, 0.3) is 0 Å². The van der Waals surface area contributed by atoms with E-state index < -0.39 is 21.8 Å². The summed E-state index contributed by atoms with van der Waals surface area (Å²) in [6, 6.07) is 6.15. The summed E-state index contributed by atoms with van der Waals surface area (Å²) >= 11 is 0. The maximum atomic E-state index is 13.9. The maximum Gasteiger partial charge on any atom is 0.248 e. The van der Waals surface area contributed by atoms with Crippen LogP contribution >= 0.6 is 0 Å². The molecule has 1 amide bonds. The lowest BCUT2D eigenvalue weighted by Crippen LogP contribution is -2.45. The fraction of sp³-hybridized carbons (Fsp3) is 0.429. The number of nitrogens with one attached hydrogen (secondary N) is 1. The first-order valence-corrected chi connectivity index (χ1v) is 11.4. The zero-order valence-corrected chi connectivity index (χ0v) is 17.9. The Kier molecular flexibility index (Phi) is 7.04. The number of aromatic nitrogens is 1. The van der Waals surface area contributed by atoms with Gasteiger partial charge in [0.1, 0.15) is 11.5 Å². The topological polar surface area (TPSA) is 92.5 Å². The summed E-state index contributed by atoms with van der Waals surface area (Å²) in [6.07, 6.45) is 4.91. The highest BCUT2D eigenvalue weighted by atomic mass is 32.2. The largest absolute Gasteiger partial charge is 0.356 e. The second-order valence-corrected chi connectivity index (χ2v) is 9.18. The third kappa shape index (κ3) is 4.79. The summed E-state index contributed by atoms with van der Waals surface area (Å²) in [6.45, 7) is 4.51. The number of piperidine rings is 1. The minimum Gasteiger partial charge on any atom is -0.356 e. The molecule has 1 aliphatic rings. The van der Waals surface area contributed by atoms with Crippen molar-refractivity contribution in [3.63, 3.8) is 0 Å². The lowest BCUT2D eigenvalue weighted by atomic mass is 9.99. The summed E-state index contributed by atoms with van der Waals surface area (Å²) in [4.78, 5) is 12.3. The molecule has 0 radical (unpaired) electrons. The maximum absolute atomic E-state index is 13.9. The van der Waals surface area contributed by atoms with Gasteiger partial charge in [-0.25, -0.2) is 12.8 Å². The van der Waals surface area contributed by atoms with E-state index in [1.54, 1.807) is 25.1 Å². The van der Waals surface area contributed by atoms with E-state index in [1.807, 2.05) is 6.92 Å². The summed E-state index contributed by atoms with van der Waals surface area (Å²) < 4.78 is 47.1. The van der Waals surface area contributed by atoms with E-state index in [9.17, 15) is 17.6 Å². The van der Waals surface area contributed by atoms with Crippen LogP contribution in [0.15, 0.2) is 33.7 Å². The summed E-state index contributed by atoms with van der Waals surface area (Å²) in [5.74, 6) is -0.907. The van der Waals surface area contributed by atoms with Crippen LogP contribution in [0.1, 0.15) is 43.2 Å². The van der Waals surface area contributed by atoms with Crippen molar-refractivity contribution >= 4 is 28.1 Å². The van der Waals surface area contributed by atoms with Gasteiger partial charge in [-0.15, -0.1) is 0 Å². The quantitative estimate of drug-likeness (QED) is 0.721. The molecule has 1 saturated heterocycles. The van der Waals surface area contributed by atoms with Crippen LogP contribution in [0.5, 0.6) is 0 Å². The first-order valence-electron chi connectivity index (χ1n) is 10.0. The number of carbonyl (C=O) groups is 1. The molecule has 1 N–H and O–H groups in total. The molecule has 162 valence electrons. The number of nitrogens with zero attached hydrogens (tertiary/aromatic N) is 2. The van der Waals surface area contributed by atoms with Gasteiger partial charge >= 0.3 is 0 Å². The van der Waals surface area contributed by atoms with Gasteiger partial charge in [-0.2, -0.15) is 4.31 Å². The van der Waals surface area contributed by atoms with Crippen molar-refractivity contribution in [1.82, 2.24) is 14.8 Å². The van der Waals surface area contributed by atoms with Crippen LogP contribution in [0.25, 0.3) is 12.2 Å². The standard InChI is InChI=1S/C21H26FN3O4S/c1-3-12-23-21(26)17-8-6-13-25(14-17)30(27,28)20-15(2)24-29-19(20)11-10-16-7-4-5-9-18(16)22/h4-5,7,9-11,17H,3,6,8,12-14H2,1-2H3,(H,23,26)/b11-10+/t17-/m1/s1. The van der Waals surface area contributed by atoms with Gasteiger partial charge in [0.15, 0.2) is 10.7 Å². The number of aryl methyl sites for hydroxylation is 1. The molecule has 1 aromatic carbocycles. The molecular weight excluding hydrogens is 409 g/mol. The van der Waals surface area contributed by atoms with Gasteiger partial charge in [-0.05, 0) is 44.4 Å². The SMILES string of the molecule is CCCNC(=O)[C@@H]1CCCN(S(=O)(=O)c2c(C)noc2/C=C/c2ccccc2F)C1. The van der Waals surface area contributed by atoms with E-state index in [4.69, 9.17) is 4.52 Å². The average molecular weight is 436 g/mol. The van der Waals surface area contributed by atoms with E-state index in [0.717, 1.165) is 6.42 Å². The lowest BCUT2D eigenvalue weighted by Gasteiger charge is -2.31. The normalized spacial score (nSPS) is 18.0. The minimum absolute atomic E-state index is 0.0355. The number of benzene rings is 1. The smallest absolute Gasteiger partial charge is 0.248 e. The van der Waals surface area contributed by atoms with Gasteiger partial charge in [-0.3, -0.25) is 4.79 Å². The predicted molar refractivity (Wildman–Crippen MR) is 111 cm³/mol. The molecule has 1 aromatic heterocycles. The van der Waals surface area contributed by atoms with Gasteiger partial charge in [0.05, 0.1) is 5.92 Å². The number of rotatable bonds is 7. The Morgan fingerprint density at radius 2 is 2.13 bits per heavy atom. The van der Waals surface area contributed by atoms with Crippen LogP contribution in [0.3, 0.4) is 0 Å². The Morgan fingerprint density at radius 1 is 1.37 bits per heavy atom. The van der Waals surface area contributed by atoms with Crippen molar-refractivity contribution in [2.75, 3.05) is 19.6 Å². The number of sulfonamides is 1. The highest BCUT2D eigenvalue weighted by Crippen LogP contribution is 2.29. The van der Waals surface area contributed by atoms with Crippen LogP contribution in [0, 0.1) is 18.7 Å². The van der Waals surface area contributed by atoms with Crippen molar-refractivity contribution in [3.8, 4) is 0 Å². The number of hydrogen-bond acceptors (Lipinski definition) is 5. The van der Waals surface area contributed by atoms with Crippen molar-refractivity contribution in [2.24, 2.45) is 5.92 Å². The van der Waals surface area contributed by atoms with Gasteiger partial charge in [0, 0.05) is 25.2 Å². The molecule has 9 heteroatoms. The highest BCUT2D eigenvalue weighted by Gasteiger charge is 2.36. The molecule has 30 heavy (non-hydrogen) atoms. The second kappa shape index (κ2) is 9.53. The Hall–Kier alpha value is -2.52. The number of amides is 1. The molecule has 0 saturated carbocycles. The molecule has 0 bridgehead atoms. The Balaban J connectivity index is 1.85. The Labute approximate surface area is 176 Å². The second-order valence-electron chi connectivity index (χ2n) is 7.31. The van der Waals surface area contributed by atoms with Crippen molar-refractivity contribution in [3.05, 3.63) is 47.1 Å². The molecular formula is C21H26FN3O4S. The lowest BCUT2D eigenvalue weighted by molar-refractivity contribution is -0.126. The molecule has 0 aliphatic carbocycles. The van der Waals surface area contributed by atoms with E-state index in [-0.39, 0.29) is 28.8 Å². The predicted octanol–water partition coefficient (Wildman–Crippen LogP) is 3.22. The molecule has 1 aliphatic heterocycles. The molecule has 3 rings (SSSR count). The van der Waals surface area contributed by atoms with Crippen molar-refractivity contribution in [2.45, 2.75) is 38.0 Å². The fourth-order valence-electron chi connectivity index (χ4n) is 3.47. The number of carbonyl (C=O) groups excluding carboxylic acids is 1. The zero-order valence-electron chi connectivity index (χ0n) is 17.1. The molecule has 2 aromatic rings. The minimum atomic E-state index is -3.93. The van der Waals surface area contributed by atoms with Gasteiger partial charge in [-0.1, -0.05) is 30.3 Å². The Morgan fingerprint density at radius 3 is 2.87 bits per heavy atom. The zero-order chi connectivity index (χ0) is 21.7. The fourth-order valence-corrected chi connectivity index (χ4v) is 5.24. The summed E-state index contributed by atoms with van der Waals surface area (Å²) in [5.41, 5.74) is 0.529. The van der Waals surface area contributed by atoms with E-state index in [0.29, 0.717) is 31.5 Å². The third-order valence-electron chi connectivity index (χ3n) is 5.05. The number of hydrogen-bond donors (Lipinski definition) is 1. The molecule has 7 nitrogen and oxygen atoms in total. The molecule has 2 heterocycles. The van der Waals surface area contributed by atoms with Crippen LogP contribution < -0.4 is 5.32 Å². The van der Waals surface area contributed by atoms with Crippen LogP contribution in [-0.4, -0.2) is 43.4 Å². The first-order chi connectivity index (χ1) is 14.3. The van der Waals surface area contributed by atoms with Gasteiger partial charge in [0.2, 0.25) is 15.9 Å². The summed E-state index contributed by atoms with van der Waals surface area (Å²) in [5, 5.41) is 6.64. The van der Waals surface area contributed by atoms with Crippen LogP contribution in [-0.2, 0) is 14.8 Å². The number of halogens is 1. The van der Waals surface area contributed by atoms with E-state index in [2.05, 4.69) is 10.5 Å². The molecule has 1 atom stereocenters. The highest BCUT2D eigenvalue weighted by molar-refractivity contribution is 7.89. The summed E-state index contributed by atoms with van der Waals surface area (Å²) in [7, 11) is -3.93. The molecule has 1 fully saturated rings. The molecule has 0 spiro atoms.